The first kappa shape index (κ1) is 17.8. The van der Waals surface area contributed by atoms with E-state index in [1.54, 1.807) is 13.8 Å². The number of ether oxygens (including phenoxy) is 1. The molecule has 112 valence electrons. The van der Waals surface area contributed by atoms with Gasteiger partial charge in [0.15, 0.2) is 0 Å². The van der Waals surface area contributed by atoms with Gasteiger partial charge < -0.3 is 9.84 Å². The van der Waals surface area contributed by atoms with Crippen molar-refractivity contribution in [3.8, 4) is 0 Å². The molecule has 0 radical (unpaired) electrons. The van der Waals surface area contributed by atoms with Crippen molar-refractivity contribution in [1.29, 1.82) is 0 Å². The highest BCUT2D eigenvalue weighted by molar-refractivity contribution is 7.89. The third-order valence-corrected chi connectivity index (χ3v) is 4.17. The van der Waals surface area contributed by atoms with E-state index in [1.165, 1.54) is 0 Å². The standard InChI is InChI=1S/C11H21NO6S/c1-3-7-12(9-11(15)18-4-2)19(16,17)8-5-6-10(13)14/h3-9H2,1-2H3,(H,13,14). The van der Waals surface area contributed by atoms with Crippen LogP contribution in [-0.2, 0) is 24.3 Å². The van der Waals surface area contributed by atoms with Crippen molar-refractivity contribution < 1.29 is 27.9 Å². The Morgan fingerprint density at radius 1 is 1.26 bits per heavy atom. The second-order valence-electron chi connectivity index (χ2n) is 3.95. The highest BCUT2D eigenvalue weighted by Crippen LogP contribution is 2.07. The third kappa shape index (κ3) is 7.78. The number of carbonyl (C=O) groups excluding carboxylic acids is 1. The van der Waals surface area contributed by atoms with Crippen molar-refractivity contribution in [2.75, 3.05) is 25.4 Å². The highest BCUT2D eigenvalue weighted by atomic mass is 32.2. The van der Waals surface area contributed by atoms with Crippen LogP contribution in [0.5, 0.6) is 0 Å². The molecule has 0 aliphatic heterocycles. The van der Waals surface area contributed by atoms with Gasteiger partial charge in [0.25, 0.3) is 0 Å². The first-order valence-corrected chi connectivity index (χ1v) is 7.79. The summed E-state index contributed by atoms with van der Waals surface area (Å²) < 4.78 is 29.7. The van der Waals surface area contributed by atoms with E-state index >= 15 is 0 Å². The number of hydrogen-bond donors (Lipinski definition) is 1. The van der Waals surface area contributed by atoms with Crippen molar-refractivity contribution in [3.05, 3.63) is 0 Å². The Kier molecular flexibility index (Phi) is 8.33. The van der Waals surface area contributed by atoms with E-state index in [0.29, 0.717) is 6.42 Å². The molecule has 7 nitrogen and oxygen atoms in total. The molecule has 0 fully saturated rings. The number of esters is 1. The zero-order valence-electron chi connectivity index (χ0n) is 11.3. The van der Waals surface area contributed by atoms with E-state index in [9.17, 15) is 18.0 Å². The zero-order chi connectivity index (χ0) is 14.9. The summed E-state index contributed by atoms with van der Waals surface area (Å²) in [5, 5.41) is 8.49. The largest absolute Gasteiger partial charge is 0.481 e. The summed E-state index contributed by atoms with van der Waals surface area (Å²) in [7, 11) is -3.62. The third-order valence-electron chi connectivity index (χ3n) is 2.27. The Balaban J connectivity index is 4.56. The number of sulfonamides is 1. The molecule has 0 heterocycles. The molecule has 0 saturated carbocycles. The lowest BCUT2D eigenvalue weighted by Gasteiger charge is -2.20. The van der Waals surface area contributed by atoms with Gasteiger partial charge in [-0.3, -0.25) is 9.59 Å². The summed E-state index contributed by atoms with van der Waals surface area (Å²) in [6, 6.07) is 0. The summed E-state index contributed by atoms with van der Waals surface area (Å²) in [6.45, 7) is 3.53. The summed E-state index contributed by atoms with van der Waals surface area (Å²) in [5.74, 6) is -1.92. The fourth-order valence-corrected chi connectivity index (χ4v) is 2.98. The van der Waals surface area contributed by atoms with Crippen LogP contribution in [0.15, 0.2) is 0 Å². The van der Waals surface area contributed by atoms with Gasteiger partial charge in [-0.1, -0.05) is 6.92 Å². The molecule has 0 spiro atoms. The number of aliphatic carboxylic acids is 1. The number of hydrogen-bond acceptors (Lipinski definition) is 5. The maximum atomic E-state index is 12.0. The maximum absolute atomic E-state index is 12.0. The van der Waals surface area contributed by atoms with Gasteiger partial charge in [0.2, 0.25) is 10.0 Å². The zero-order valence-corrected chi connectivity index (χ0v) is 12.1. The Bertz CT molecular complexity index is 392. The van der Waals surface area contributed by atoms with Crippen LogP contribution in [0.4, 0.5) is 0 Å². The molecule has 0 aromatic heterocycles. The van der Waals surface area contributed by atoms with E-state index in [2.05, 4.69) is 0 Å². The maximum Gasteiger partial charge on any atom is 0.321 e. The lowest BCUT2D eigenvalue weighted by Crippen LogP contribution is -2.38. The molecule has 0 unspecified atom stereocenters. The molecule has 0 aromatic rings. The molecule has 1 N–H and O–H groups in total. The average molecular weight is 295 g/mol. The van der Waals surface area contributed by atoms with Gasteiger partial charge in [-0.25, -0.2) is 8.42 Å². The van der Waals surface area contributed by atoms with E-state index in [4.69, 9.17) is 9.84 Å². The number of rotatable bonds is 10. The molecule has 0 aliphatic carbocycles. The molecule has 19 heavy (non-hydrogen) atoms. The Morgan fingerprint density at radius 2 is 1.89 bits per heavy atom. The molecule has 0 rings (SSSR count). The lowest BCUT2D eigenvalue weighted by atomic mass is 10.3. The molecule has 0 atom stereocenters. The van der Waals surface area contributed by atoms with E-state index in [1.807, 2.05) is 0 Å². The van der Waals surface area contributed by atoms with Crippen molar-refractivity contribution in [3.63, 3.8) is 0 Å². The number of carboxylic acids is 1. The van der Waals surface area contributed by atoms with Crippen molar-refractivity contribution >= 4 is 22.0 Å². The number of carboxylic acid groups (broad SMARTS) is 1. The minimum absolute atomic E-state index is 0.0285. The minimum Gasteiger partial charge on any atom is -0.481 e. The average Bonchev–Trinajstić information content (AvgIpc) is 2.28. The van der Waals surface area contributed by atoms with E-state index < -0.39 is 22.0 Å². The van der Waals surface area contributed by atoms with Gasteiger partial charge in [-0.15, -0.1) is 0 Å². The van der Waals surface area contributed by atoms with Crippen LogP contribution in [0.25, 0.3) is 0 Å². The van der Waals surface area contributed by atoms with E-state index in [0.717, 1.165) is 4.31 Å². The van der Waals surface area contributed by atoms with E-state index in [-0.39, 0.29) is 38.3 Å². The molecule has 0 aliphatic rings. The Labute approximate surface area is 113 Å². The number of nitrogens with zero attached hydrogens (tertiary/aromatic N) is 1. The lowest BCUT2D eigenvalue weighted by molar-refractivity contribution is -0.143. The van der Waals surface area contributed by atoms with Crippen molar-refractivity contribution in [2.24, 2.45) is 0 Å². The molecule has 0 saturated heterocycles. The van der Waals surface area contributed by atoms with Crippen LogP contribution in [0, 0.1) is 0 Å². The van der Waals surface area contributed by atoms with Crippen LogP contribution in [0.2, 0.25) is 0 Å². The Morgan fingerprint density at radius 3 is 2.37 bits per heavy atom. The van der Waals surface area contributed by atoms with Crippen molar-refractivity contribution in [1.82, 2.24) is 4.31 Å². The van der Waals surface area contributed by atoms with Crippen LogP contribution >= 0.6 is 0 Å². The molecule has 0 amide bonds. The van der Waals surface area contributed by atoms with Crippen molar-refractivity contribution in [2.45, 2.75) is 33.1 Å². The summed E-state index contributed by atoms with van der Waals surface area (Å²) in [5.41, 5.74) is 0. The first-order valence-electron chi connectivity index (χ1n) is 6.18. The highest BCUT2D eigenvalue weighted by Gasteiger charge is 2.24. The van der Waals surface area contributed by atoms with Crippen LogP contribution in [0.1, 0.15) is 33.1 Å². The summed E-state index contributed by atoms with van der Waals surface area (Å²) >= 11 is 0. The number of carbonyl (C=O) groups is 2. The minimum atomic E-state index is -3.62. The van der Waals surface area contributed by atoms with Gasteiger partial charge in [-0.2, -0.15) is 4.31 Å². The fourth-order valence-electron chi connectivity index (χ4n) is 1.45. The van der Waals surface area contributed by atoms with Crippen LogP contribution in [0.3, 0.4) is 0 Å². The second-order valence-corrected chi connectivity index (χ2v) is 6.04. The summed E-state index contributed by atoms with van der Waals surface area (Å²) in [4.78, 5) is 21.7. The van der Waals surface area contributed by atoms with Gasteiger partial charge in [0.1, 0.15) is 6.54 Å². The summed E-state index contributed by atoms with van der Waals surface area (Å²) in [6.07, 6.45) is 0.386. The van der Waals surface area contributed by atoms with Gasteiger partial charge in [0.05, 0.1) is 12.4 Å². The Hall–Kier alpha value is -1.15. The monoisotopic (exact) mass is 295 g/mol. The molecule has 8 heteroatoms. The fraction of sp³-hybridized carbons (Fsp3) is 0.818. The normalized spacial score (nSPS) is 11.5. The topological polar surface area (TPSA) is 101 Å². The molecular formula is C11H21NO6S. The quantitative estimate of drug-likeness (QED) is 0.587. The predicted molar refractivity (Wildman–Crippen MR) is 69.2 cm³/mol. The second kappa shape index (κ2) is 8.87. The first-order chi connectivity index (χ1) is 8.83. The van der Waals surface area contributed by atoms with Gasteiger partial charge in [-0.05, 0) is 19.8 Å². The molecule has 0 bridgehead atoms. The predicted octanol–water partition coefficient (Wildman–Crippen LogP) is 0.456. The van der Waals surface area contributed by atoms with Crippen LogP contribution in [-0.4, -0.2) is 55.2 Å². The van der Waals surface area contributed by atoms with Gasteiger partial charge >= 0.3 is 11.9 Å². The van der Waals surface area contributed by atoms with Gasteiger partial charge in [0, 0.05) is 13.0 Å². The van der Waals surface area contributed by atoms with Crippen LogP contribution < -0.4 is 0 Å². The molecule has 0 aromatic carbocycles. The SMILES string of the molecule is CCCN(CC(=O)OCC)S(=O)(=O)CCCC(=O)O. The molecular weight excluding hydrogens is 274 g/mol. The smallest absolute Gasteiger partial charge is 0.321 e.